The predicted molar refractivity (Wildman–Crippen MR) is 117 cm³/mol. The normalized spacial score (nSPS) is 23.0. The molecule has 1 aromatic heterocycles. The molecule has 1 aliphatic heterocycles. The van der Waals surface area contributed by atoms with Gasteiger partial charge in [0.15, 0.2) is 0 Å². The maximum Gasteiger partial charge on any atom is 0.251 e. The molecule has 0 saturated carbocycles. The van der Waals surface area contributed by atoms with Crippen LogP contribution in [-0.4, -0.2) is 41.6 Å². The number of aromatic nitrogens is 1. The second-order valence-electron chi connectivity index (χ2n) is 8.83. The van der Waals surface area contributed by atoms with Gasteiger partial charge in [-0.15, -0.1) is 0 Å². The number of amides is 1. The lowest BCUT2D eigenvalue weighted by Crippen LogP contribution is -2.50. The Balaban J connectivity index is 1.33. The number of nitrogens with zero attached hydrogens (tertiary/aromatic N) is 3. The molecule has 30 heavy (non-hydrogen) atoms. The van der Waals surface area contributed by atoms with Gasteiger partial charge < -0.3 is 14.8 Å². The minimum Gasteiger partial charge on any atom is -0.352 e. The van der Waals surface area contributed by atoms with Crippen LogP contribution >= 0.6 is 0 Å². The SMILES string of the molecule is CN1C[C@H](CNC(=O)c2ccc(C#N)cc2)C[C@@H]2c3cccc4c3c(cn4C)C[C@H]21. The van der Waals surface area contributed by atoms with Crippen molar-refractivity contribution in [1.29, 1.82) is 5.26 Å². The lowest BCUT2D eigenvalue weighted by Gasteiger charge is -2.45. The zero-order valence-electron chi connectivity index (χ0n) is 17.4. The van der Waals surface area contributed by atoms with Gasteiger partial charge >= 0.3 is 0 Å². The van der Waals surface area contributed by atoms with E-state index in [1.807, 2.05) is 0 Å². The highest BCUT2D eigenvalue weighted by Crippen LogP contribution is 2.44. The first-order valence-electron chi connectivity index (χ1n) is 10.6. The largest absolute Gasteiger partial charge is 0.352 e. The number of fused-ring (bicyclic) bond motifs is 2. The van der Waals surface area contributed by atoms with Crippen LogP contribution < -0.4 is 5.32 Å². The van der Waals surface area contributed by atoms with Crippen LogP contribution in [-0.2, 0) is 13.5 Å². The Morgan fingerprint density at radius 2 is 2.00 bits per heavy atom. The van der Waals surface area contributed by atoms with Crippen LogP contribution in [0.1, 0.15) is 39.4 Å². The van der Waals surface area contributed by atoms with Crippen molar-refractivity contribution in [3.63, 3.8) is 0 Å². The zero-order valence-corrected chi connectivity index (χ0v) is 17.4. The Bertz CT molecular complexity index is 1150. The number of carbonyl (C=O) groups is 1. The molecule has 0 unspecified atom stereocenters. The van der Waals surface area contributed by atoms with Gasteiger partial charge in [0, 0.05) is 54.8 Å². The van der Waals surface area contributed by atoms with Crippen molar-refractivity contribution in [2.24, 2.45) is 13.0 Å². The Morgan fingerprint density at radius 1 is 1.20 bits per heavy atom. The Labute approximate surface area is 176 Å². The van der Waals surface area contributed by atoms with Gasteiger partial charge in [-0.2, -0.15) is 5.26 Å². The highest BCUT2D eigenvalue weighted by molar-refractivity contribution is 5.94. The minimum absolute atomic E-state index is 0.0691. The Kier molecular flexibility index (Phi) is 4.60. The number of rotatable bonds is 3. The fraction of sp³-hybridized carbons (Fsp3) is 0.360. The molecule has 5 rings (SSSR count). The average Bonchev–Trinajstić information content (AvgIpc) is 3.09. The zero-order chi connectivity index (χ0) is 20.8. The summed E-state index contributed by atoms with van der Waals surface area (Å²) in [5, 5.41) is 13.5. The lowest BCUT2D eigenvalue weighted by atomic mass is 9.72. The quantitative estimate of drug-likeness (QED) is 0.735. The topological polar surface area (TPSA) is 61.1 Å². The van der Waals surface area contributed by atoms with Crippen molar-refractivity contribution >= 4 is 16.8 Å². The summed E-state index contributed by atoms with van der Waals surface area (Å²) in [5.74, 6) is 0.846. The number of nitrogens with one attached hydrogen (secondary N) is 1. The summed E-state index contributed by atoms with van der Waals surface area (Å²) in [6, 6.07) is 16.1. The van der Waals surface area contributed by atoms with E-state index in [9.17, 15) is 4.79 Å². The molecule has 1 saturated heterocycles. The van der Waals surface area contributed by atoms with Crippen LogP contribution in [0.25, 0.3) is 10.9 Å². The van der Waals surface area contributed by atoms with Crippen molar-refractivity contribution in [2.75, 3.05) is 20.1 Å². The van der Waals surface area contributed by atoms with E-state index >= 15 is 0 Å². The minimum atomic E-state index is -0.0691. The molecule has 152 valence electrons. The molecule has 1 amide bonds. The van der Waals surface area contributed by atoms with Crippen LogP contribution in [0.2, 0.25) is 0 Å². The lowest BCUT2D eigenvalue weighted by molar-refractivity contribution is 0.0891. The molecule has 5 heteroatoms. The van der Waals surface area contributed by atoms with E-state index in [1.165, 1.54) is 22.0 Å². The number of carbonyl (C=O) groups excluding carboxylic acids is 1. The van der Waals surface area contributed by atoms with Gasteiger partial charge in [-0.3, -0.25) is 4.79 Å². The first kappa shape index (κ1) is 18.9. The number of benzene rings is 2. The van der Waals surface area contributed by atoms with Gasteiger partial charge in [0.2, 0.25) is 0 Å². The van der Waals surface area contributed by atoms with E-state index in [4.69, 9.17) is 5.26 Å². The van der Waals surface area contributed by atoms with Crippen molar-refractivity contribution < 1.29 is 4.79 Å². The van der Waals surface area contributed by atoms with Gasteiger partial charge in [-0.25, -0.2) is 0 Å². The molecule has 5 nitrogen and oxygen atoms in total. The van der Waals surface area contributed by atoms with E-state index in [0.717, 1.165) is 19.4 Å². The summed E-state index contributed by atoms with van der Waals surface area (Å²) in [5.41, 5.74) is 5.42. The van der Waals surface area contributed by atoms with E-state index in [1.54, 1.807) is 24.3 Å². The van der Waals surface area contributed by atoms with Gasteiger partial charge in [0.25, 0.3) is 5.91 Å². The molecule has 1 fully saturated rings. The molecule has 2 aromatic carbocycles. The molecule has 3 aromatic rings. The molecule has 1 aliphatic carbocycles. The van der Waals surface area contributed by atoms with Gasteiger partial charge in [-0.05, 0) is 67.3 Å². The maximum atomic E-state index is 12.6. The number of likely N-dealkylation sites (N-methyl/N-ethyl adjacent to an activating group) is 1. The Morgan fingerprint density at radius 3 is 2.77 bits per heavy atom. The third kappa shape index (κ3) is 3.09. The van der Waals surface area contributed by atoms with Crippen molar-refractivity contribution in [2.45, 2.75) is 24.8 Å². The standard InChI is InChI=1S/C25H26N4O/c1-28-14-17(13-27-25(30)18-8-6-16(12-26)7-9-18)10-21-20-4-3-5-22-24(20)19(11-23(21)28)15-29(22)2/h3-9,15,17,21,23H,10-11,13-14H2,1-2H3,(H,27,30)/t17-,21+,23+/m0/s1. The van der Waals surface area contributed by atoms with E-state index < -0.39 is 0 Å². The summed E-state index contributed by atoms with van der Waals surface area (Å²) in [6.07, 6.45) is 4.48. The van der Waals surface area contributed by atoms with Crippen LogP contribution in [0.4, 0.5) is 0 Å². The second kappa shape index (κ2) is 7.30. The summed E-state index contributed by atoms with van der Waals surface area (Å²) in [7, 11) is 4.36. The van der Waals surface area contributed by atoms with Gasteiger partial charge in [0.05, 0.1) is 11.6 Å². The fourth-order valence-electron chi connectivity index (χ4n) is 5.51. The highest BCUT2D eigenvalue weighted by atomic mass is 16.1. The van der Waals surface area contributed by atoms with Crippen molar-refractivity contribution in [3.05, 3.63) is 70.9 Å². The molecular formula is C25H26N4O. The number of hydrogen-bond acceptors (Lipinski definition) is 3. The molecule has 3 atom stereocenters. The third-order valence-corrected chi connectivity index (χ3v) is 6.95. The first-order valence-corrected chi connectivity index (χ1v) is 10.6. The highest BCUT2D eigenvalue weighted by Gasteiger charge is 2.39. The fourth-order valence-corrected chi connectivity index (χ4v) is 5.51. The van der Waals surface area contributed by atoms with E-state index in [0.29, 0.717) is 35.5 Å². The molecule has 1 N–H and O–H groups in total. The van der Waals surface area contributed by atoms with Crippen LogP contribution in [0.5, 0.6) is 0 Å². The first-order chi connectivity index (χ1) is 14.5. The molecule has 2 aliphatic rings. The van der Waals surface area contributed by atoms with Crippen molar-refractivity contribution in [1.82, 2.24) is 14.8 Å². The average molecular weight is 399 g/mol. The Hall–Kier alpha value is -3.10. The summed E-state index contributed by atoms with van der Waals surface area (Å²) in [6.45, 7) is 1.66. The number of nitriles is 1. The number of likely N-dealkylation sites (tertiary alicyclic amines) is 1. The van der Waals surface area contributed by atoms with E-state index in [2.05, 4.69) is 59.3 Å². The molecule has 2 heterocycles. The smallest absolute Gasteiger partial charge is 0.251 e. The van der Waals surface area contributed by atoms with Crippen molar-refractivity contribution in [3.8, 4) is 6.07 Å². The van der Waals surface area contributed by atoms with Gasteiger partial charge in [0.1, 0.15) is 0 Å². The summed E-state index contributed by atoms with van der Waals surface area (Å²) >= 11 is 0. The number of hydrogen-bond donors (Lipinski definition) is 1. The second-order valence-corrected chi connectivity index (χ2v) is 8.83. The third-order valence-electron chi connectivity index (χ3n) is 6.95. The maximum absolute atomic E-state index is 12.6. The summed E-state index contributed by atoms with van der Waals surface area (Å²) in [4.78, 5) is 15.0. The number of piperidine rings is 1. The molecule has 0 radical (unpaired) electrons. The van der Waals surface area contributed by atoms with Gasteiger partial charge in [-0.1, -0.05) is 12.1 Å². The van der Waals surface area contributed by atoms with Crippen LogP contribution in [0.15, 0.2) is 48.7 Å². The predicted octanol–water partition coefficient (Wildman–Crippen LogP) is 3.44. The van der Waals surface area contributed by atoms with E-state index in [-0.39, 0.29) is 5.91 Å². The monoisotopic (exact) mass is 398 g/mol. The number of aryl methyl sites for hydroxylation is 1. The summed E-state index contributed by atoms with van der Waals surface area (Å²) < 4.78 is 2.25. The molecule has 0 bridgehead atoms. The van der Waals surface area contributed by atoms with Crippen LogP contribution in [0, 0.1) is 17.2 Å². The molecular weight excluding hydrogens is 372 g/mol. The molecule has 0 spiro atoms. The van der Waals surface area contributed by atoms with Crippen LogP contribution in [0.3, 0.4) is 0 Å².